The SMILES string of the molecule is CC(C)CC(NC(=O)CN(C)S(=O)(=O)c1cccs1)c1ccccc1. The fourth-order valence-electron chi connectivity index (χ4n) is 2.53. The minimum atomic E-state index is -3.62. The molecule has 1 N–H and O–H groups in total. The zero-order chi connectivity index (χ0) is 18.4. The molecule has 0 radical (unpaired) electrons. The third-order valence-electron chi connectivity index (χ3n) is 3.77. The molecule has 7 heteroatoms. The van der Waals surface area contributed by atoms with Gasteiger partial charge in [0.05, 0.1) is 12.6 Å². The number of amides is 1. The third-order valence-corrected chi connectivity index (χ3v) is 6.95. The smallest absolute Gasteiger partial charge is 0.252 e. The van der Waals surface area contributed by atoms with Gasteiger partial charge in [-0.15, -0.1) is 11.3 Å². The van der Waals surface area contributed by atoms with Crippen molar-refractivity contribution in [2.75, 3.05) is 13.6 Å². The molecule has 0 spiro atoms. The Morgan fingerprint density at radius 1 is 1.16 bits per heavy atom. The third kappa shape index (κ3) is 5.39. The second-order valence-electron chi connectivity index (χ2n) is 6.35. The molecule has 0 aliphatic heterocycles. The van der Waals surface area contributed by atoms with Gasteiger partial charge >= 0.3 is 0 Å². The van der Waals surface area contributed by atoms with Crippen molar-refractivity contribution < 1.29 is 13.2 Å². The van der Waals surface area contributed by atoms with Crippen LogP contribution in [0.1, 0.15) is 31.9 Å². The van der Waals surface area contributed by atoms with Crippen LogP contribution in [0.4, 0.5) is 0 Å². The number of benzene rings is 1. The highest BCUT2D eigenvalue weighted by atomic mass is 32.2. The average molecular weight is 381 g/mol. The summed E-state index contributed by atoms with van der Waals surface area (Å²) in [6.45, 7) is 3.98. The molecule has 0 bridgehead atoms. The van der Waals surface area contributed by atoms with Gasteiger partial charge in [0, 0.05) is 7.05 Å². The first-order valence-corrected chi connectivity index (χ1v) is 10.5. The van der Waals surface area contributed by atoms with Gasteiger partial charge in [0.2, 0.25) is 5.91 Å². The second-order valence-corrected chi connectivity index (χ2v) is 9.57. The van der Waals surface area contributed by atoms with Gasteiger partial charge in [-0.1, -0.05) is 50.2 Å². The summed E-state index contributed by atoms with van der Waals surface area (Å²) in [4.78, 5) is 12.4. The highest BCUT2D eigenvalue weighted by Crippen LogP contribution is 2.22. The van der Waals surface area contributed by atoms with Crippen LogP contribution < -0.4 is 5.32 Å². The molecule has 136 valence electrons. The summed E-state index contributed by atoms with van der Waals surface area (Å²) in [6, 6.07) is 12.8. The number of nitrogens with zero attached hydrogens (tertiary/aromatic N) is 1. The van der Waals surface area contributed by atoms with Crippen molar-refractivity contribution in [3.63, 3.8) is 0 Å². The molecular weight excluding hydrogens is 356 g/mol. The lowest BCUT2D eigenvalue weighted by atomic mass is 9.97. The topological polar surface area (TPSA) is 66.5 Å². The Bertz CT molecular complexity index is 772. The zero-order valence-corrected chi connectivity index (χ0v) is 16.3. The molecule has 25 heavy (non-hydrogen) atoms. The number of carbonyl (C=O) groups is 1. The lowest BCUT2D eigenvalue weighted by molar-refractivity contribution is -0.122. The molecule has 5 nitrogen and oxygen atoms in total. The largest absolute Gasteiger partial charge is 0.348 e. The van der Waals surface area contributed by atoms with E-state index in [1.54, 1.807) is 17.5 Å². The Labute approximate surface area is 153 Å². The molecule has 2 rings (SSSR count). The maximum absolute atomic E-state index is 12.4. The molecule has 1 aromatic heterocycles. The van der Waals surface area contributed by atoms with E-state index < -0.39 is 10.0 Å². The van der Waals surface area contributed by atoms with Crippen LogP contribution >= 0.6 is 11.3 Å². The van der Waals surface area contributed by atoms with Gasteiger partial charge in [0.25, 0.3) is 10.0 Å². The first kappa shape index (κ1) is 19.6. The summed E-state index contributed by atoms with van der Waals surface area (Å²) in [5, 5.41) is 4.67. The van der Waals surface area contributed by atoms with Crippen LogP contribution in [0.25, 0.3) is 0 Å². The lowest BCUT2D eigenvalue weighted by Crippen LogP contribution is -2.39. The maximum atomic E-state index is 12.4. The van der Waals surface area contributed by atoms with E-state index in [-0.39, 0.29) is 22.7 Å². The van der Waals surface area contributed by atoms with Gasteiger partial charge in [0.15, 0.2) is 0 Å². The van der Waals surface area contributed by atoms with Crippen molar-refractivity contribution in [1.82, 2.24) is 9.62 Å². The number of hydrogen-bond acceptors (Lipinski definition) is 4. The highest BCUT2D eigenvalue weighted by molar-refractivity contribution is 7.91. The van der Waals surface area contributed by atoms with E-state index in [9.17, 15) is 13.2 Å². The van der Waals surface area contributed by atoms with Crippen molar-refractivity contribution in [2.24, 2.45) is 5.92 Å². The first-order valence-electron chi connectivity index (χ1n) is 8.15. The number of hydrogen-bond donors (Lipinski definition) is 1. The summed E-state index contributed by atoms with van der Waals surface area (Å²) in [7, 11) is -2.20. The molecule has 0 aliphatic carbocycles. The summed E-state index contributed by atoms with van der Waals surface area (Å²) >= 11 is 1.14. The van der Waals surface area contributed by atoms with Crippen LogP contribution in [0.15, 0.2) is 52.1 Å². The van der Waals surface area contributed by atoms with Crippen LogP contribution in [-0.4, -0.2) is 32.2 Å². The number of thiophene rings is 1. The zero-order valence-electron chi connectivity index (χ0n) is 14.7. The van der Waals surface area contributed by atoms with Crippen molar-refractivity contribution in [1.29, 1.82) is 0 Å². The van der Waals surface area contributed by atoms with Crippen molar-refractivity contribution in [2.45, 2.75) is 30.5 Å². The van der Waals surface area contributed by atoms with Crippen LogP contribution in [0, 0.1) is 5.92 Å². The number of nitrogens with one attached hydrogen (secondary N) is 1. The number of carbonyl (C=O) groups excluding carboxylic acids is 1. The van der Waals surface area contributed by atoms with Crippen LogP contribution in [0.2, 0.25) is 0 Å². The van der Waals surface area contributed by atoms with Gasteiger partial charge in [-0.2, -0.15) is 4.31 Å². The summed E-state index contributed by atoms with van der Waals surface area (Å²) in [5.74, 6) is 0.0928. The minimum absolute atomic E-state index is 0.133. The molecule has 1 atom stereocenters. The number of rotatable bonds is 8. The number of likely N-dealkylation sites (N-methyl/N-ethyl adjacent to an activating group) is 1. The summed E-state index contributed by atoms with van der Waals surface area (Å²) < 4.78 is 26.2. The molecule has 1 aromatic carbocycles. The van der Waals surface area contributed by atoms with Crippen molar-refractivity contribution in [3.8, 4) is 0 Å². The van der Waals surface area contributed by atoms with E-state index in [1.165, 1.54) is 7.05 Å². The normalized spacial score (nSPS) is 13.2. The summed E-state index contributed by atoms with van der Waals surface area (Å²) in [6.07, 6.45) is 0.789. The van der Waals surface area contributed by atoms with E-state index in [2.05, 4.69) is 19.2 Å². The predicted octanol–water partition coefficient (Wildman–Crippen LogP) is 3.27. The molecule has 2 aromatic rings. The summed E-state index contributed by atoms with van der Waals surface area (Å²) in [5.41, 5.74) is 1.02. The van der Waals surface area contributed by atoms with E-state index in [1.807, 2.05) is 30.3 Å². The Balaban J connectivity index is 2.06. The average Bonchev–Trinajstić information content (AvgIpc) is 3.09. The quantitative estimate of drug-likeness (QED) is 0.764. The van der Waals surface area contributed by atoms with Crippen molar-refractivity contribution >= 4 is 27.3 Å². The van der Waals surface area contributed by atoms with Crippen molar-refractivity contribution in [3.05, 3.63) is 53.4 Å². The van der Waals surface area contributed by atoms with Gasteiger partial charge in [0.1, 0.15) is 4.21 Å². The second kappa shape index (κ2) is 8.60. The van der Waals surface area contributed by atoms with Gasteiger partial charge in [-0.3, -0.25) is 4.79 Å². The fourth-order valence-corrected chi connectivity index (χ4v) is 4.85. The predicted molar refractivity (Wildman–Crippen MR) is 101 cm³/mol. The van der Waals surface area contributed by atoms with Crippen LogP contribution in [0.5, 0.6) is 0 Å². The molecule has 0 saturated carbocycles. The molecule has 1 heterocycles. The van der Waals surface area contributed by atoms with Crippen LogP contribution in [0.3, 0.4) is 0 Å². The Morgan fingerprint density at radius 3 is 2.40 bits per heavy atom. The highest BCUT2D eigenvalue weighted by Gasteiger charge is 2.25. The van der Waals surface area contributed by atoms with E-state index in [4.69, 9.17) is 0 Å². The number of sulfonamides is 1. The first-order chi connectivity index (χ1) is 11.8. The Morgan fingerprint density at radius 2 is 1.84 bits per heavy atom. The lowest BCUT2D eigenvalue weighted by Gasteiger charge is -2.23. The molecule has 1 unspecified atom stereocenters. The molecule has 0 fully saturated rings. The van der Waals surface area contributed by atoms with E-state index in [0.717, 1.165) is 27.6 Å². The maximum Gasteiger partial charge on any atom is 0.252 e. The minimum Gasteiger partial charge on any atom is -0.348 e. The van der Waals surface area contributed by atoms with Gasteiger partial charge in [-0.25, -0.2) is 8.42 Å². The Kier molecular flexibility index (Phi) is 6.75. The molecule has 0 saturated heterocycles. The molecule has 0 aliphatic rings. The van der Waals surface area contributed by atoms with Crippen LogP contribution in [-0.2, 0) is 14.8 Å². The molecule has 1 amide bonds. The molecular formula is C18H24N2O3S2. The Hall–Kier alpha value is -1.70. The van der Waals surface area contributed by atoms with Gasteiger partial charge in [-0.05, 0) is 29.3 Å². The van der Waals surface area contributed by atoms with E-state index >= 15 is 0 Å². The van der Waals surface area contributed by atoms with E-state index in [0.29, 0.717) is 5.92 Å². The standard InChI is InChI=1S/C18H24N2O3S2/c1-14(2)12-16(15-8-5-4-6-9-15)19-17(21)13-20(3)25(22,23)18-10-7-11-24-18/h4-11,14,16H,12-13H2,1-3H3,(H,19,21). The fraction of sp³-hybridized carbons (Fsp3) is 0.389. The van der Waals surface area contributed by atoms with Gasteiger partial charge < -0.3 is 5.32 Å². The monoisotopic (exact) mass is 380 g/mol.